The van der Waals surface area contributed by atoms with Crippen molar-refractivity contribution in [1.29, 1.82) is 0 Å². The number of aliphatic imine (C=N–C) groups is 1. The number of hydrogen-bond donors (Lipinski definition) is 3. The summed E-state index contributed by atoms with van der Waals surface area (Å²) in [5.41, 5.74) is 4.96. The van der Waals surface area contributed by atoms with Gasteiger partial charge in [0.05, 0.1) is 27.9 Å². The summed E-state index contributed by atoms with van der Waals surface area (Å²) in [6.45, 7) is 1.75. The number of halogens is 1. The molecule has 8 rings (SSSR count). The SMILES string of the molecule is O=C(CCCCCO/N=C1/C(c2c(O)[nH]c3ccccc23)=Nc2ccccc21)N1CCN(C(=O)c2ccc(Cc3n[nH]c(=O)c4ccccc34)cc2F)CC1. The van der Waals surface area contributed by atoms with Gasteiger partial charge in [-0.3, -0.25) is 14.4 Å². The van der Waals surface area contributed by atoms with Gasteiger partial charge in [0.15, 0.2) is 5.88 Å². The van der Waals surface area contributed by atoms with Crippen LogP contribution in [0.3, 0.4) is 0 Å². The minimum atomic E-state index is -0.625. The van der Waals surface area contributed by atoms with Crippen molar-refractivity contribution in [3.8, 4) is 5.88 Å². The first-order valence-electron chi connectivity index (χ1n) is 18.4. The maximum atomic E-state index is 15.2. The Morgan fingerprint density at radius 2 is 1.58 bits per heavy atom. The number of piperazine rings is 1. The number of nitrogens with one attached hydrogen (secondary N) is 2. The number of H-pyrrole nitrogens is 2. The van der Waals surface area contributed by atoms with E-state index in [2.05, 4.69) is 20.3 Å². The molecule has 1 saturated heterocycles. The van der Waals surface area contributed by atoms with Crippen LogP contribution >= 0.6 is 0 Å². The lowest BCUT2D eigenvalue weighted by atomic mass is 10.0. The Labute approximate surface area is 315 Å². The van der Waals surface area contributed by atoms with E-state index in [0.717, 1.165) is 28.6 Å². The lowest BCUT2D eigenvalue weighted by molar-refractivity contribution is -0.132. The minimum absolute atomic E-state index is 0.0189. The molecule has 2 amide bonds. The summed E-state index contributed by atoms with van der Waals surface area (Å²) in [5, 5.41) is 23.9. The third-order valence-electron chi connectivity index (χ3n) is 10.2. The van der Waals surface area contributed by atoms with E-state index in [9.17, 15) is 19.5 Å². The zero-order chi connectivity index (χ0) is 37.9. The van der Waals surface area contributed by atoms with Gasteiger partial charge < -0.3 is 24.7 Å². The smallest absolute Gasteiger partial charge is 0.272 e. The second-order valence-electron chi connectivity index (χ2n) is 13.7. The van der Waals surface area contributed by atoms with Gasteiger partial charge in [0.1, 0.15) is 23.8 Å². The summed E-state index contributed by atoms with van der Waals surface area (Å²) in [6, 6.07) is 26.9. The molecule has 2 aliphatic rings. The number of carbonyl (C=O) groups is 2. The molecule has 0 bridgehead atoms. The van der Waals surface area contributed by atoms with Crippen molar-refractivity contribution in [3.05, 3.63) is 135 Å². The molecule has 0 aliphatic carbocycles. The Balaban J connectivity index is 0.792. The number of oxime groups is 1. The molecule has 4 heterocycles. The van der Waals surface area contributed by atoms with Gasteiger partial charge in [-0.05, 0) is 55.2 Å². The highest BCUT2D eigenvalue weighted by Gasteiger charge is 2.29. The van der Waals surface area contributed by atoms with Gasteiger partial charge in [-0.2, -0.15) is 5.10 Å². The van der Waals surface area contributed by atoms with Crippen LogP contribution in [0.1, 0.15) is 58.4 Å². The van der Waals surface area contributed by atoms with Crippen LogP contribution in [-0.4, -0.2) is 86.1 Å². The standard InChI is InChI=1S/C42H38FN7O5/c43-32-24-26(25-35-27-10-3-4-11-28(27)40(52)47-46-35)17-18-29(32)42(54)50-21-19-49(20-22-50)36(51)16-2-1-9-23-55-48-38-31-13-6-8-15-34(31)44-39(38)37-30-12-5-7-14-33(30)45-41(37)53/h3-8,10-15,17-18,24,45,53H,1-2,9,16,19-23,25H2,(H,47,52)/b48-38+. The Morgan fingerprint density at radius 3 is 2.40 bits per heavy atom. The van der Waals surface area contributed by atoms with Crippen LogP contribution in [0.4, 0.5) is 10.1 Å². The molecule has 13 heteroatoms. The molecule has 0 atom stereocenters. The monoisotopic (exact) mass is 739 g/mol. The zero-order valence-electron chi connectivity index (χ0n) is 29.9. The third kappa shape index (κ3) is 7.20. The molecule has 0 radical (unpaired) electrons. The van der Waals surface area contributed by atoms with Crippen LogP contribution < -0.4 is 5.56 Å². The molecule has 0 spiro atoms. The van der Waals surface area contributed by atoms with Crippen molar-refractivity contribution in [1.82, 2.24) is 25.0 Å². The fourth-order valence-corrected chi connectivity index (χ4v) is 7.27. The first kappa shape index (κ1) is 35.4. The zero-order valence-corrected chi connectivity index (χ0v) is 29.9. The van der Waals surface area contributed by atoms with Crippen molar-refractivity contribution in [2.24, 2.45) is 10.1 Å². The lowest BCUT2D eigenvalue weighted by Crippen LogP contribution is -2.50. The van der Waals surface area contributed by atoms with Crippen LogP contribution in [0.15, 0.2) is 106 Å². The van der Waals surface area contributed by atoms with E-state index in [1.165, 1.54) is 12.1 Å². The van der Waals surface area contributed by atoms with E-state index in [1.807, 2.05) is 54.6 Å². The number of benzene rings is 4. The minimum Gasteiger partial charge on any atom is -0.494 e. The molecular formula is C42H38FN7O5. The summed E-state index contributed by atoms with van der Waals surface area (Å²) in [6.07, 6.45) is 2.80. The summed E-state index contributed by atoms with van der Waals surface area (Å²) >= 11 is 0. The number of aromatic amines is 2. The molecule has 6 aromatic rings. The second-order valence-corrected chi connectivity index (χ2v) is 13.7. The first-order chi connectivity index (χ1) is 26.9. The largest absolute Gasteiger partial charge is 0.494 e. The molecule has 278 valence electrons. The number of aromatic hydroxyl groups is 1. The van der Waals surface area contributed by atoms with Gasteiger partial charge in [-0.1, -0.05) is 65.8 Å². The number of para-hydroxylation sites is 2. The molecule has 4 aromatic carbocycles. The summed E-state index contributed by atoms with van der Waals surface area (Å²) in [5.74, 6) is -0.995. The lowest BCUT2D eigenvalue weighted by Gasteiger charge is -2.35. The average molecular weight is 740 g/mol. The maximum Gasteiger partial charge on any atom is 0.272 e. The molecule has 2 aromatic heterocycles. The van der Waals surface area contributed by atoms with E-state index in [1.54, 1.807) is 34.1 Å². The van der Waals surface area contributed by atoms with Gasteiger partial charge >= 0.3 is 0 Å². The third-order valence-corrected chi connectivity index (χ3v) is 10.2. The molecule has 1 fully saturated rings. The first-order valence-corrected chi connectivity index (χ1v) is 18.4. The van der Waals surface area contributed by atoms with Crippen molar-refractivity contribution in [3.63, 3.8) is 0 Å². The van der Waals surface area contributed by atoms with E-state index in [0.29, 0.717) is 91.1 Å². The molecule has 0 saturated carbocycles. The number of nitrogens with zero attached hydrogens (tertiary/aromatic N) is 5. The Kier molecular flexibility index (Phi) is 9.90. The van der Waals surface area contributed by atoms with Crippen molar-refractivity contribution in [2.45, 2.75) is 32.1 Å². The average Bonchev–Trinajstić information content (AvgIpc) is 3.74. The number of aromatic nitrogens is 3. The van der Waals surface area contributed by atoms with Crippen molar-refractivity contribution >= 4 is 50.6 Å². The highest BCUT2D eigenvalue weighted by atomic mass is 19.1. The molecule has 3 N–H and O–H groups in total. The van der Waals surface area contributed by atoms with Crippen LogP contribution in [0, 0.1) is 5.82 Å². The molecule has 55 heavy (non-hydrogen) atoms. The maximum absolute atomic E-state index is 15.2. The molecule has 12 nitrogen and oxygen atoms in total. The highest BCUT2D eigenvalue weighted by molar-refractivity contribution is 6.58. The predicted molar refractivity (Wildman–Crippen MR) is 208 cm³/mol. The van der Waals surface area contributed by atoms with Crippen LogP contribution in [0.2, 0.25) is 0 Å². The summed E-state index contributed by atoms with van der Waals surface area (Å²) < 4.78 is 15.2. The molecule has 2 aliphatic heterocycles. The van der Waals surface area contributed by atoms with Gasteiger partial charge in [0, 0.05) is 60.9 Å². The second kappa shape index (κ2) is 15.4. The van der Waals surface area contributed by atoms with Crippen molar-refractivity contribution in [2.75, 3.05) is 32.8 Å². The van der Waals surface area contributed by atoms with Crippen LogP contribution in [0.25, 0.3) is 21.7 Å². The molecule has 0 unspecified atom stereocenters. The van der Waals surface area contributed by atoms with Gasteiger partial charge in [0.25, 0.3) is 11.5 Å². The fraction of sp³-hybridized carbons (Fsp3) is 0.238. The van der Waals surface area contributed by atoms with Gasteiger partial charge in [-0.15, -0.1) is 0 Å². The van der Waals surface area contributed by atoms with Crippen molar-refractivity contribution < 1.29 is 23.9 Å². The normalized spacial score (nSPS) is 14.8. The topological polar surface area (TPSA) is 156 Å². The Bertz CT molecular complexity index is 2550. The van der Waals surface area contributed by atoms with E-state index in [-0.39, 0.29) is 29.3 Å². The number of fused-ring (bicyclic) bond motifs is 3. The number of rotatable bonds is 11. The van der Waals surface area contributed by atoms with Gasteiger partial charge in [0.2, 0.25) is 5.91 Å². The van der Waals surface area contributed by atoms with E-state index in [4.69, 9.17) is 9.83 Å². The summed E-state index contributed by atoms with van der Waals surface area (Å²) in [4.78, 5) is 55.2. The fourth-order valence-electron chi connectivity index (χ4n) is 7.27. The highest BCUT2D eigenvalue weighted by Crippen LogP contribution is 2.35. The number of hydrogen-bond acceptors (Lipinski definition) is 8. The number of unbranched alkanes of at least 4 members (excludes halogenated alkanes) is 2. The van der Waals surface area contributed by atoms with Crippen LogP contribution in [0.5, 0.6) is 5.88 Å². The van der Waals surface area contributed by atoms with Crippen LogP contribution in [-0.2, 0) is 16.1 Å². The van der Waals surface area contributed by atoms with Gasteiger partial charge in [-0.25, -0.2) is 14.5 Å². The van der Waals surface area contributed by atoms with E-state index < -0.39 is 11.7 Å². The summed E-state index contributed by atoms with van der Waals surface area (Å²) in [7, 11) is 0. The van der Waals surface area contributed by atoms with E-state index >= 15 is 4.39 Å². The number of amides is 2. The predicted octanol–water partition coefficient (Wildman–Crippen LogP) is 6.24. The Morgan fingerprint density at radius 1 is 0.855 bits per heavy atom. The Hall–Kier alpha value is -6.63. The quantitative estimate of drug-likeness (QED) is 0.106. The molecular weight excluding hydrogens is 702 g/mol. The number of carbonyl (C=O) groups excluding carboxylic acids is 2.